The maximum Gasteiger partial charge on any atom is 0.235 e. The largest absolute Gasteiger partial charge is 0.504 e. The summed E-state index contributed by atoms with van der Waals surface area (Å²) < 4.78 is 48.5. The molecular weight excluding hydrogens is 483 g/mol. The Kier molecular flexibility index (Phi) is 5.73. The predicted octanol–water partition coefficient (Wildman–Crippen LogP) is 4.54. The van der Waals surface area contributed by atoms with Gasteiger partial charge in [0.05, 0.1) is 9.77 Å². The third kappa shape index (κ3) is 3.61. The summed E-state index contributed by atoms with van der Waals surface area (Å²) >= 11 is 10.7. The van der Waals surface area contributed by atoms with Crippen LogP contribution in [-0.4, -0.2) is 37.6 Å². The Balaban J connectivity index is 1.93. The first kappa shape index (κ1) is 22.7. The first-order valence-corrected chi connectivity index (χ1v) is 12.8. The Morgan fingerprint density at radius 1 is 1.26 bits per heavy atom. The highest BCUT2D eigenvalue weighted by Gasteiger charge is 2.48. The summed E-state index contributed by atoms with van der Waals surface area (Å²) in [6, 6.07) is 6.07. The zero-order chi connectivity index (χ0) is 22.7. The molecule has 2 N–H and O–H groups in total. The molecule has 0 spiro atoms. The number of aromatic nitrogens is 1. The average Bonchev–Trinajstić information content (AvgIpc) is 3.53. The van der Waals surface area contributed by atoms with Crippen molar-refractivity contribution in [3.05, 3.63) is 62.9 Å². The smallest absolute Gasteiger partial charge is 0.235 e. The number of hydrogen-bond donors (Lipinski definition) is 2. The van der Waals surface area contributed by atoms with Gasteiger partial charge in [-0.25, -0.2) is 12.6 Å². The molecule has 7 nitrogen and oxygen atoms in total. The lowest BCUT2D eigenvalue weighted by Crippen LogP contribution is -2.35. The fourth-order valence-electron chi connectivity index (χ4n) is 3.74. The number of fused-ring (bicyclic) bond motifs is 1. The van der Waals surface area contributed by atoms with Crippen LogP contribution in [-0.2, 0) is 32.4 Å². The normalized spacial score (nSPS) is 20.6. The molecule has 166 valence electrons. The molecule has 1 aliphatic carbocycles. The van der Waals surface area contributed by atoms with Gasteiger partial charge in [0, 0.05) is 40.5 Å². The average molecular weight is 503 g/mol. The van der Waals surface area contributed by atoms with Crippen LogP contribution in [0.3, 0.4) is 0 Å². The topological polar surface area (TPSA) is 108 Å². The molecule has 1 saturated carbocycles. The second-order valence-corrected chi connectivity index (χ2v) is 12.2. The van der Waals surface area contributed by atoms with Crippen LogP contribution in [0.2, 0.25) is 10.0 Å². The van der Waals surface area contributed by atoms with Crippen LogP contribution in [0.15, 0.2) is 30.5 Å². The number of halogens is 2. The van der Waals surface area contributed by atoms with Crippen LogP contribution in [0.5, 0.6) is 0 Å². The van der Waals surface area contributed by atoms with Crippen molar-refractivity contribution in [2.75, 3.05) is 0 Å². The molecule has 4 rings (SSSR count). The molecule has 2 aliphatic rings. The molecule has 11 heteroatoms. The van der Waals surface area contributed by atoms with E-state index >= 15 is 0 Å². The first-order chi connectivity index (χ1) is 14.5. The van der Waals surface area contributed by atoms with Gasteiger partial charge in [0.2, 0.25) is 11.3 Å². The molecule has 0 radical (unpaired) electrons. The highest BCUT2D eigenvalue weighted by molar-refractivity contribution is 8.01. The number of nitrogens with zero attached hydrogens (tertiary/aromatic N) is 2. The van der Waals surface area contributed by atoms with Crippen LogP contribution in [0.25, 0.3) is 10.7 Å². The number of benzene rings is 1. The predicted molar refractivity (Wildman–Crippen MR) is 121 cm³/mol. The van der Waals surface area contributed by atoms with Crippen molar-refractivity contribution in [1.29, 1.82) is 0 Å². The number of pyridine rings is 1. The van der Waals surface area contributed by atoms with E-state index in [2.05, 4.69) is 4.98 Å². The third-order valence-electron chi connectivity index (χ3n) is 5.74. The zero-order valence-corrected chi connectivity index (χ0v) is 19.8. The van der Waals surface area contributed by atoms with Gasteiger partial charge in [-0.15, -0.1) is 0 Å². The molecule has 1 aromatic carbocycles. The standard InChI is InChI=1S/C20H20Cl2N2O5S2/c1-20(2)14-4-3-9-23-17(14)18(25)19(31(20,28)29)12-7-8-15(21)13(16(12)22)10-24(30(26)27)11-5-6-11/h3-4,7-9,11,25H,5-6,10H2,1-2H3,(H,26,27). The number of hydrogen-bond acceptors (Lipinski definition) is 5. The minimum atomic E-state index is -4.08. The van der Waals surface area contributed by atoms with Crippen molar-refractivity contribution in [1.82, 2.24) is 9.29 Å². The highest BCUT2D eigenvalue weighted by atomic mass is 35.5. The van der Waals surface area contributed by atoms with Gasteiger partial charge in [-0.05, 0) is 38.8 Å². The minimum Gasteiger partial charge on any atom is -0.504 e. The van der Waals surface area contributed by atoms with Crippen molar-refractivity contribution in [3.8, 4) is 0 Å². The van der Waals surface area contributed by atoms with Crippen molar-refractivity contribution in [2.45, 2.75) is 44.0 Å². The minimum absolute atomic E-state index is 0.00362. The van der Waals surface area contributed by atoms with Crippen molar-refractivity contribution in [3.63, 3.8) is 0 Å². The maximum atomic E-state index is 13.6. The van der Waals surface area contributed by atoms with Gasteiger partial charge >= 0.3 is 0 Å². The van der Waals surface area contributed by atoms with Gasteiger partial charge in [-0.3, -0.25) is 9.54 Å². The summed E-state index contributed by atoms with van der Waals surface area (Å²) in [5.74, 6) is -0.491. The van der Waals surface area contributed by atoms with E-state index in [0.717, 1.165) is 12.8 Å². The lowest BCUT2D eigenvalue weighted by Gasteiger charge is -2.33. The van der Waals surface area contributed by atoms with Crippen LogP contribution < -0.4 is 0 Å². The number of aliphatic hydroxyl groups is 1. The van der Waals surface area contributed by atoms with E-state index in [1.165, 1.54) is 22.6 Å². The summed E-state index contributed by atoms with van der Waals surface area (Å²) in [6.07, 6.45) is 3.02. The molecule has 1 aromatic heterocycles. The van der Waals surface area contributed by atoms with Crippen LogP contribution in [0, 0.1) is 0 Å². The number of aliphatic hydroxyl groups excluding tert-OH is 1. The lowest BCUT2D eigenvalue weighted by atomic mass is 9.97. The molecule has 1 aliphatic heterocycles. The Labute approximate surface area is 193 Å². The second-order valence-electron chi connectivity index (χ2n) is 8.02. The third-order valence-corrected chi connectivity index (χ3v) is 9.86. The maximum absolute atomic E-state index is 13.6. The van der Waals surface area contributed by atoms with Crippen LogP contribution in [0.1, 0.15) is 49.1 Å². The quantitative estimate of drug-likeness (QED) is 0.581. The van der Waals surface area contributed by atoms with E-state index in [0.29, 0.717) is 11.1 Å². The molecule has 2 heterocycles. The SMILES string of the molecule is CC1(C)c2cccnc2C(O)=C(c2ccc(Cl)c(CN(C3CC3)S(=O)O)c2Cl)S1(=O)=O. The highest BCUT2D eigenvalue weighted by Crippen LogP contribution is 2.49. The van der Waals surface area contributed by atoms with E-state index in [1.807, 2.05) is 0 Å². The van der Waals surface area contributed by atoms with E-state index < -0.39 is 31.6 Å². The van der Waals surface area contributed by atoms with Gasteiger partial charge in [0.15, 0.2) is 15.6 Å². The summed E-state index contributed by atoms with van der Waals surface area (Å²) in [6.45, 7) is 3.05. The molecule has 2 aromatic rings. The van der Waals surface area contributed by atoms with E-state index in [4.69, 9.17) is 23.2 Å². The van der Waals surface area contributed by atoms with Gasteiger partial charge < -0.3 is 5.11 Å². The summed E-state index contributed by atoms with van der Waals surface area (Å²) in [5.41, 5.74) is 0.941. The molecule has 1 unspecified atom stereocenters. The molecule has 0 saturated heterocycles. The monoisotopic (exact) mass is 502 g/mol. The van der Waals surface area contributed by atoms with E-state index in [1.54, 1.807) is 26.0 Å². The summed E-state index contributed by atoms with van der Waals surface area (Å²) in [4.78, 5) is 3.85. The molecule has 1 atom stereocenters. The molecule has 1 fully saturated rings. The Morgan fingerprint density at radius 2 is 1.94 bits per heavy atom. The summed E-state index contributed by atoms with van der Waals surface area (Å²) in [7, 11) is -4.08. The summed E-state index contributed by atoms with van der Waals surface area (Å²) in [5, 5.41) is 11.2. The first-order valence-electron chi connectivity index (χ1n) is 9.47. The van der Waals surface area contributed by atoms with Gasteiger partial charge in [-0.2, -0.15) is 4.31 Å². The van der Waals surface area contributed by atoms with Crippen LogP contribution >= 0.6 is 23.2 Å². The van der Waals surface area contributed by atoms with Gasteiger partial charge in [0.25, 0.3) is 0 Å². The van der Waals surface area contributed by atoms with Gasteiger partial charge in [-0.1, -0.05) is 35.3 Å². The zero-order valence-electron chi connectivity index (χ0n) is 16.7. The van der Waals surface area contributed by atoms with E-state index in [-0.39, 0.29) is 38.8 Å². The van der Waals surface area contributed by atoms with E-state index in [9.17, 15) is 22.3 Å². The molecule has 31 heavy (non-hydrogen) atoms. The van der Waals surface area contributed by atoms with Crippen LogP contribution in [0.4, 0.5) is 0 Å². The number of sulfone groups is 1. The Hall–Kier alpha value is -1.49. The fraction of sp³-hybridized carbons (Fsp3) is 0.350. The second kappa shape index (κ2) is 7.83. The lowest BCUT2D eigenvalue weighted by molar-refractivity contribution is 0.384. The van der Waals surface area contributed by atoms with Gasteiger partial charge in [0.1, 0.15) is 10.6 Å². The Morgan fingerprint density at radius 3 is 2.55 bits per heavy atom. The van der Waals surface area contributed by atoms with Crippen molar-refractivity contribution < 1.29 is 22.3 Å². The molecule has 0 amide bonds. The molecular formula is C20H20Cl2N2O5S2. The van der Waals surface area contributed by atoms with Crippen molar-refractivity contribution in [2.24, 2.45) is 0 Å². The Bertz CT molecular complexity index is 1240. The van der Waals surface area contributed by atoms with Crippen molar-refractivity contribution >= 4 is 55.0 Å². The molecule has 0 bridgehead atoms. The fourth-order valence-corrected chi connectivity index (χ4v) is 6.86. The number of rotatable bonds is 5.